The predicted octanol–water partition coefficient (Wildman–Crippen LogP) is 3.88. The summed E-state index contributed by atoms with van der Waals surface area (Å²) in [5.41, 5.74) is 1.56. The van der Waals surface area contributed by atoms with E-state index in [2.05, 4.69) is 25.9 Å². The molecule has 0 saturated heterocycles. The van der Waals surface area contributed by atoms with E-state index in [0.29, 0.717) is 23.0 Å². The fraction of sp³-hybridized carbons (Fsp3) is 0.100. The molecular weight excluding hydrogens is 361 g/mol. The molecule has 0 atom stereocenters. The fourth-order valence-corrected chi connectivity index (χ4v) is 2.49. The van der Waals surface area contributed by atoms with E-state index in [0.717, 1.165) is 0 Å². The van der Waals surface area contributed by atoms with Crippen molar-refractivity contribution in [2.45, 2.75) is 13.8 Å². The maximum Gasteiger partial charge on any atom is 0.274 e. The molecule has 0 aliphatic heterocycles. The van der Waals surface area contributed by atoms with Crippen LogP contribution in [-0.2, 0) is 4.79 Å². The van der Waals surface area contributed by atoms with E-state index in [1.807, 2.05) is 0 Å². The Morgan fingerprint density at radius 3 is 2.29 bits per heavy atom. The Kier molecular flexibility index (Phi) is 5.59. The largest absolute Gasteiger partial charge is 0.340 e. The SMILES string of the molecule is CC(=O)Nc1ccc(Nc2cc(C(=O)Nc3ccccc3F)nc(C)n2)cc1. The highest BCUT2D eigenvalue weighted by Crippen LogP contribution is 2.19. The summed E-state index contributed by atoms with van der Waals surface area (Å²) in [6.07, 6.45) is 0. The van der Waals surface area contributed by atoms with Crippen LogP contribution in [-0.4, -0.2) is 21.8 Å². The van der Waals surface area contributed by atoms with Crippen molar-refractivity contribution in [3.05, 3.63) is 71.9 Å². The van der Waals surface area contributed by atoms with Crippen LogP contribution in [0.15, 0.2) is 54.6 Å². The summed E-state index contributed by atoms with van der Waals surface area (Å²) < 4.78 is 13.7. The van der Waals surface area contributed by atoms with E-state index in [-0.39, 0.29) is 17.3 Å². The van der Waals surface area contributed by atoms with Crippen LogP contribution in [0.25, 0.3) is 0 Å². The first-order valence-electron chi connectivity index (χ1n) is 8.47. The molecule has 3 N–H and O–H groups in total. The van der Waals surface area contributed by atoms with Crippen molar-refractivity contribution in [3.8, 4) is 0 Å². The first-order valence-corrected chi connectivity index (χ1v) is 8.47. The average Bonchev–Trinajstić information content (AvgIpc) is 2.64. The van der Waals surface area contributed by atoms with Gasteiger partial charge in [-0.3, -0.25) is 9.59 Å². The molecule has 0 fully saturated rings. The van der Waals surface area contributed by atoms with Crippen LogP contribution in [0.3, 0.4) is 0 Å². The summed E-state index contributed by atoms with van der Waals surface area (Å²) in [4.78, 5) is 31.9. The van der Waals surface area contributed by atoms with Crippen molar-refractivity contribution < 1.29 is 14.0 Å². The second-order valence-electron chi connectivity index (χ2n) is 6.00. The summed E-state index contributed by atoms with van der Waals surface area (Å²) in [6.45, 7) is 3.09. The molecule has 0 spiro atoms. The average molecular weight is 379 g/mol. The van der Waals surface area contributed by atoms with E-state index >= 15 is 0 Å². The van der Waals surface area contributed by atoms with Gasteiger partial charge < -0.3 is 16.0 Å². The number of carbonyl (C=O) groups excluding carboxylic acids is 2. The highest BCUT2D eigenvalue weighted by Gasteiger charge is 2.13. The van der Waals surface area contributed by atoms with Crippen LogP contribution in [0.4, 0.5) is 27.3 Å². The van der Waals surface area contributed by atoms with Gasteiger partial charge >= 0.3 is 0 Å². The molecule has 0 aliphatic rings. The van der Waals surface area contributed by atoms with Gasteiger partial charge in [-0.2, -0.15) is 0 Å². The van der Waals surface area contributed by atoms with Gasteiger partial charge in [-0.25, -0.2) is 14.4 Å². The van der Waals surface area contributed by atoms with Gasteiger partial charge in [0.2, 0.25) is 5.91 Å². The van der Waals surface area contributed by atoms with Crippen LogP contribution in [0, 0.1) is 12.7 Å². The lowest BCUT2D eigenvalue weighted by Gasteiger charge is -2.10. The highest BCUT2D eigenvalue weighted by molar-refractivity contribution is 6.03. The number of anilines is 4. The second kappa shape index (κ2) is 8.26. The number of hydrogen-bond donors (Lipinski definition) is 3. The molecule has 2 amide bonds. The zero-order valence-electron chi connectivity index (χ0n) is 15.3. The number of aryl methyl sites for hydroxylation is 1. The molecule has 0 unspecified atom stereocenters. The number of para-hydroxylation sites is 1. The predicted molar refractivity (Wildman–Crippen MR) is 105 cm³/mol. The molecule has 3 rings (SSSR count). The van der Waals surface area contributed by atoms with Crippen molar-refractivity contribution in [2.75, 3.05) is 16.0 Å². The van der Waals surface area contributed by atoms with Crippen molar-refractivity contribution >= 4 is 34.7 Å². The normalized spacial score (nSPS) is 10.2. The minimum Gasteiger partial charge on any atom is -0.340 e. The van der Waals surface area contributed by atoms with E-state index in [9.17, 15) is 14.0 Å². The summed E-state index contributed by atoms with van der Waals surface area (Å²) in [7, 11) is 0. The molecule has 7 nitrogen and oxygen atoms in total. The Hall–Kier alpha value is -3.81. The Balaban J connectivity index is 1.76. The number of hydrogen-bond acceptors (Lipinski definition) is 5. The second-order valence-corrected chi connectivity index (χ2v) is 6.00. The molecule has 2 aromatic carbocycles. The molecule has 142 valence electrons. The van der Waals surface area contributed by atoms with Crippen LogP contribution in [0.1, 0.15) is 23.2 Å². The van der Waals surface area contributed by atoms with Gasteiger partial charge in [-0.05, 0) is 43.3 Å². The van der Waals surface area contributed by atoms with E-state index in [1.54, 1.807) is 43.3 Å². The lowest BCUT2D eigenvalue weighted by atomic mass is 10.2. The van der Waals surface area contributed by atoms with Crippen molar-refractivity contribution in [1.82, 2.24) is 9.97 Å². The summed E-state index contributed by atoms with van der Waals surface area (Å²) in [5.74, 6) is -0.423. The first-order chi connectivity index (χ1) is 13.4. The third-order valence-corrected chi connectivity index (χ3v) is 3.67. The van der Waals surface area contributed by atoms with Gasteiger partial charge in [-0.15, -0.1) is 0 Å². The molecule has 0 bridgehead atoms. The standard InChI is InChI=1S/C20H18FN5O2/c1-12-22-18(20(28)26-17-6-4-3-5-16(17)21)11-19(23-12)25-15-9-7-14(8-10-15)24-13(2)27/h3-11H,1-2H3,(H,24,27)(H,26,28)(H,22,23,25). The molecule has 0 aliphatic carbocycles. The monoisotopic (exact) mass is 379 g/mol. The van der Waals surface area contributed by atoms with Gasteiger partial charge in [0.25, 0.3) is 5.91 Å². The topological polar surface area (TPSA) is 96.0 Å². The molecular formula is C20H18FN5O2. The number of nitrogens with zero attached hydrogens (tertiary/aromatic N) is 2. The third-order valence-electron chi connectivity index (χ3n) is 3.67. The Bertz CT molecular complexity index is 1020. The van der Waals surface area contributed by atoms with Gasteiger partial charge in [0.05, 0.1) is 5.69 Å². The number of halogens is 1. The third kappa shape index (κ3) is 4.88. The lowest BCUT2D eigenvalue weighted by Crippen LogP contribution is -2.16. The maximum absolute atomic E-state index is 13.7. The molecule has 8 heteroatoms. The highest BCUT2D eigenvalue weighted by atomic mass is 19.1. The quantitative estimate of drug-likeness (QED) is 0.625. The number of carbonyl (C=O) groups is 2. The van der Waals surface area contributed by atoms with E-state index in [4.69, 9.17) is 0 Å². The number of amides is 2. The van der Waals surface area contributed by atoms with Crippen molar-refractivity contribution in [1.29, 1.82) is 0 Å². The van der Waals surface area contributed by atoms with E-state index < -0.39 is 11.7 Å². The molecule has 0 saturated carbocycles. The summed E-state index contributed by atoms with van der Waals surface area (Å²) >= 11 is 0. The Morgan fingerprint density at radius 1 is 0.929 bits per heavy atom. The van der Waals surface area contributed by atoms with Crippen LogP contribution in [0.2, 0.25) is 0 Å². The van der Waals surface area contributed by atoms with Crippen LogP contribution >= 0.6 is 0 Å². The molecule has 1 aromatic heterocycles. The number of nitrogens with one attached hydrogen (secondary N) is 3. The minimum atomic E-state index is -0.542. The number of benzene rings is 2. The molecule has 28 heavy (non-hydrogen) atoms. The van der Waals surface area contributed by atoms with Gasteiger partial charge in [0, 0.05) is 24.4 Å². The van der Waals surface area contributed by atoms with Crippen LogP contribution in [0.5, 0.6) is 0 Å². The molecule has 3 aromatic rings. The first kappa shape index (κ1) is 19.0. The van der Waals surface area contributed by atoms with Gasteiger partial charge in [0.1, 0.15) is 23.2 Å². The summed E-state index contributed by atoms with van der Waals surface area (Å²) in [5, 5.41) is 8.26. The summed E-state index contributed by atoms with van der Waals surface area (Å²) in [6, 6.07) is 14.4. The Morgan fingerprint density at radius 2 is 1.61 bits per heavy atom. The van der Waals surface area contributed by atoms with Gasteiger partial charge in [-0.1, -0.05) is 12.1 Å². The molecule has 0 radical (unpaired) electrons. The zero-order chi connectivity index (χ0) is 20.1. The van der Waals surface area contributed by atoms with Crippen molar-refractivity contribution in [2.24, 2.45) is 0 Å². The van der Waals surface area contributed by atoms with E-state index in [1.165, 1.54) is 25.1 Å². The zero-order valence-corrected chi connectivity index (χ0v) is 15.3. The maximum atomic E-state index is 13.7. The Labute approximate surface area is 161 Å². The van der Waals surface area contributed by atoms with Crippen LogP contribution < -0.4 is 16.0 Å². The lowest BCUT2D eigenvalue weighted by molar-refractivity contribution is -0.114. The number of aromatic nitrogens is 2. The van der Waals surface area contributed by atoms with Crippen molar-refractivity contribution in [3.63, 3.8) is 0 Å². The number of rotatable bonds is 5. The minimum absolute atomic E-state index is 0.0758. The van der Waals surface area contributed by atoms with Gasteiger partial charge in [0.15, 0.2) is 0 Å². The smallest absolute Gasteiger partial charge is 0.274 e. The molecule has 1 heterocycles. The fourth-order valence-electron chi connectivity index (χ4n) is 2.49.